The molecule has 3 nitrogen and oxygen atoms in total. The maximum atomic E-state index is 9.96. The molecule has 1 N–H and O–H groups in total. The van der Waals surface area contributed by atoms with Crippen LogP contribution in [0.25, 0.3) is 11.0 Å². The van der Waals surface area contributed by atoms with Crippen molar-refractivity contribution < 1.29 is 9.52 Å². The Morgan fingerprint density at radius 3 is 2.88 bits per heavy atom. The summed E-state index contributed by atoms with van der Waals surface area (Å²) in [5, 5.41) is 11.1. The second-order valence-corrected chi connectivity index (χ2v) is 8.19. The number of hydrogen-bond acceptors (Lipinski definition) is 3. The summed E-state index contributed by atoms with van der Waals surface area (Å²) in [4.78, 5) is 2.83. The van der Waals surface area contributed by atoms with Crippen LogP contribution in [-0.2, 0) is 6.42 Å². The van der Waals surface area contributed by atoms with Gasteiger partial charge in [0.2, 0.25) is 0 Å². The second-order valence-electron chi connectivity index (χ2n) is 8.19. The predicted octanol–water partition coefficient (Wildman–Crippen LogP) is 4.68. The molecule has 4 heterocycles. The van der Waals surface area contributed by atoms with Gasteiger partial charge in [0.1, 0.15) is 17.1 Å². The van der Waals surface area contributed by atoms with E-state index in [1.165, 1.54) is 43.6 Å². The van der Waals surface area contributed by atoms with Crippen molar-refractivity contribution in [3.05, 3.63) is 29.5 Å². The lowest BCUT2D eigenvalue weighted by atomic mass is 9.65. The second kappa shape index (κ2) is 5.26. The highest BCUT2D eigenvalue weighted by atomic mass is 16.3. The van der Waals surface area contributed by atoms with Crippen molar-refractivity contribution in [3.8, 4) is 5.75 Å². The van der Waals surface area contributed by atoms with E-state index in [0.717, 1.165) is 29.2 Å². The zero-order valence-corrected chi connectivity index (χ0v) is 14.7. The minimum absolute atomic E-state index is 0.347. The Bertz CT molecular complexity index is 779. The van der Waals surface area contributed by atoms with Crippen LogP contribution < -0.4 is 0 Å². The number of phenolic OH excluding ortho intramolecular Hbond substituents is 1. The molecule has 2 unspecified atom stereocenters. The number of fused-ring (bicyclic) bond motifs is 4. The zero-order valence-electron chi connectivity index (χ0n) is 14.7. The van der Waals surface area contributed by atoms with Crippen molar-refractivity contribution in [2.24, 2.45) is 11.8 Å². The van der Waals surface area contributed by atoms with E-state index in [0.29, 0.717) is 23.8 Å². The van der Waals surface area contributed by atoms with Crippen molar-refractivity contribution in [2.45, 2.75) is 64.0 Å². The fourth-order valence-corrected chi connectivity index (χ4v) is 6.02. The maximum Gasteiger partial charge on any atom is 0.134 e. The number of rotatable bonds is 2. The molecule has 3 aliphatic heterocycles. The molecule has 128 valence electrons. The summed E-state index contributed by atoms with van der Waals surface area (Å²) in [5.74, 6) is 3.77. The third-order valence-corrected chi connectivity index (χ3v) is 7.02. The highest BCUT2D eigenvalue weighted by Gasteiger charge is 2.51. The Balaban J connectivity index is 1.71. The molecule has 2 saturated heterocycles. The molecule has 1 aliphatic carbocycles. The highest BCUT2D eigenvalue weighted by Crippen LogP contribution is 2.53. The molecule has 6 atom stereocenters. The monoisotopic (exact) mass is 325 g/mol. The van der Waals surface area contributed by atoms with Crippen molar-refractivity contribution in [1.29, 1.82) is 0 Å². The van der Waals surface area contributed by atoms with Crippen LogP contribution in [0.4, 0.5) is 0 Å². The lowest BCUT2D eigenvalue weighted by Crippen LogP contribution is -2.59. The van der Waals surface area contributed by atoms with Crippen molar-refractivity contribution >= 4 is 11.0 Å². The van der Waals surface area contributed by atoms with Gasteiger partial charge in [0.25, 0.3) is 0 Å². The van der Waals surface area contributed by atoms with Crippen LogP contribution in [0.1, 0.15) is 56.8 Å². The molecule has 1 saturated carbocycles. The molecule has 24 heavy (non-hydrogen) atoms. The van der Waals surface area contributed by atoms with Gasteiger partial charge in [-0.3, -0.25) is 4.90 Å². The van der Waals surface area contributed by atoms with Gasteiger partial charge in [0, 0.05) is 35.5 Å². The molecule has 3 heteroatoms. The van der Waals surface area contributed by atoms with Gasteiger partial charge in [-0.25, -0.2) is 0 Å². The molecule has 1 aromatic heterocycles. The number of furan rings is 1. The molecular formula is C21H27NO2. The number of hydrogen-bond donors (Lipinski definition) is 1. The van der Waals surface area contributed by atoms with Gasteiger partial charge >= 0.3 is 0 Å². The lowest BCUT2D eigenvalue weighted by Gasteiger charge is -2.55. The highest BCUT2D eigenvalue weighted by molar-refractivity contribution is 5.84. The van der Waals surface area contributed by atoms with Crippen molar-refractivity contribution in [1.82, 2.24) is 4.90 Å². The Kier molecular flexibility index (Phi) is 3.25. The van der Waals surface area contributed by atoms with Gasteiger partial charge in [-0.1, -0.05) is 20.3 Å². The van der Waals surface area contributed by atoms with Gasteiger partial charge in [-0.2, -0.15) is 0 Å². The Hall–Kier alpha value is -1.48. The smallest absolute Gasteiger partial charge is 0.134 e. The van der Waals surface area contributed by atoms with Crippen LogP contribution in [0.2, 0.25) is 0 Å². The first-order valence-electron chi connectivity index (χ1n) is 9.69. The first kappa shape index (κ1) is 14.8. The van der Waals surface area contributed by atoms with Crippen molar-refractivity contribution in [2.75, 3.05) is 6.54 Å². The van der Waals surface area contributed by atoms with E-state index in [9.17, 15) is 5.11 Å². The summed E-state index contributed by atoms with van der Waals surface area (Å²) in [6, 6.07) is 6.86. The summed E-state index contributed by atoms with van der Waals surface area (Å²) in [6.07, 6.45) is 6.23. The Morgan fingerprint density at radius 2 is 2.08 bits per heavy atom. The van der Waals surface area contributed by atoms with Crippen LogP contribution in [0.15, 0.2) is 22.6 Å². The molecule has 4 bridgehead atoms. The van der Waals surface area contributed by atoms with Gasteiger partial charge in [-0.05, 0) is 55.7 Å². The minimum atomic E-state index is 0.347. The third-order valence-electron chi connectivity index (χ3n) is 7.02. The van der Waals surface area contributed by atoms with Crippen molar-refractivity contribution in [3.63, 3.8) is 0 Å². The first-order chi connectivity index (χ1) is 11.7. The van der Waals surface area contributed by atoms with Crippen LogP contribution >= 0.6 is 0 Å². The van der Waals surface area contributed by atoms with E-state index in [1.54, 1.807) is 6.07 Å². The summed E-state index contributed by atoms with van der Waals surface area (Å²) in [6.45, 7) is 5.97. The summed E-state index contributed by atoms with van der Waals surface area (Å²) in [7, 11) is 0. The summed E-state index contributed by atoms with van der Waals surface area (Å²) < 4.78 is 6.41. The molecule has 2 aromatic rings. The quantitative estimate of drug-likeness (QED) is 0.871. The third kappa shape index (κ3) is 1.94. The Morgan fingerprint density at radius 1 is 1.21 bits per heavy atom. The fraction of sp³-hybridized carbons (Fsp3) is 0.619. The minimum Gasteiger partial charge on any atom is -0.508 e. The van der Waals surface area contributed by atoms with Gasteiger partial charge < -0.3 is 9.52 Å². The molecule has 0 spiro atoms. The number of nitrogens with zero attached hydrogens (tertiary/aromatic N) is 1. The van der Waals surface area contributed by atoms with Crippen LogP contribution in [-0.4, -0.2) is 28.6 Å². The molecular weight excluding hydrogens is 298 g/mol. The number of piperidine rings is 2. The molecule has 3 fully saturated rings. The predicted molar refractivity (Wildman–Crippen MR) is 95.4 cm³/mol. The SMILES string of the molecule is CC[C@H]1C[C@H]2C[C@H]3c4oc5ccc(O)cc5c4C[C@@H](CC)N(C2)C13. The van der Waals surface area contributed by atoms with E-state index >= 15 is 0 Å². The average Bonchev–Trinajstić information content (AvgIpc) is 2.92. The molecule has 6 rings (SSSR count). The summed E-state index contributed by atoms with van der Waals surface area (Å²) in [5.41, 5.74) is 2.33. The summed E-state index contributed by atoms with van der Waals surface area (Å²) >= 11 is 0. The molecule has 1 aromatic carbocycles. The topological polar surface area (TPSA) is 36.6 Å². The first-order valence-corrected chi connectivity index (χ1v) is 9.69. The Labute approximate surface area is 143 Å². The van der Waals surface area contributed by atoms with Gasteiger partial charge in [0.05, 0.1) is 0 Å². The van der Waals surface area contributed by atoms with E-state index in [2.05, 4.69) is 18.7 Å². The zero-order chi connectivity index (χ0) is 16.4. The fourth-order valence-electron chi connectivity index (χ4n) is 6.02. The van der Waals surface area contributed by atoms with E-state index in [1.807, 2.05) is 12.1 Å². The normalized spacial score (nSPS) is 37.4. The molecule has 4 aliphatic rings. The lowest BCUT2D eigenvalue weighted by molar-refractivity contribution is -0.0432. The van der Waals surface area contributed by atoms with Gasteiger partial charge in [-0.15, -0.1) is 0 Å². The van der Waals surface area contributed by atoms with Gasteiger partial charge in [0.15, 0.2) is 0 Å². The van der Waals surface area contributed by atoms with E-state index in [-0.39, 0.29) is 0 Å². The maximum absolute atomic E-state index is 9.96. The van der Waals surface area contributed by atoms with Crippen LogP contribution in [0.3, 0.4) is 0 Å². The van der Waals surface area contributed by atoms with E-state index in [4.69, 9.17) is 4.42 Å². The standard InChI is InChI=1S/C21H27NO2/c1-3-13-7-12-8-18-20(13)22(11-12)14(4-2)9-17-16-10-15(23)5-6-19(16)24-21(17)18/h5-6,10,12-14,18,20,23H,3-4,7-9,11H2,1-2H3/t12-,13-,14+,18+,20?/m0/s1. The largest absolute Gasteiger partial charge is 0.508 e. The van der Waals surface area contributed by atoms with E-state index < -0.39 is 0 Å². The number of benzene rings is 1. The van der Waals surface area contributed by atoms with Crippen LogP contribution in [0, 0.1) is 11.8 Å². The molecule has 0 amide bonds. The average molecular weight is 325 g/mol. The number of aromatic hydroxyl groups is 1. The number of phenols is 1. The molecule has 0 radical (unpaired) electrons. The van der Waals surface area contributed by atoms with Crippen LogP contribution in [0.5, 0.6) is 5.75 Å².